The number of anilines is 1. The summed E-state index contributed by atoms with van der Waals surface area (Å²) >= 11 is 0. The fourth-order valence-electron chi connectivity index (χ4n) is 2.63. The van der Waals surface area contributed by atoms with Gasteiger partial charge in [-0.15, -0.1) is 0 Å². The molecule has 4 heteroatoms. The zero-order valence-corrected chi connectivity index (χ0v) is 11.6. The van der Waals surface area contributed by atoms with Gasteiger partial charge in [-0.05, 0) is 31.9 Å². The van der Waals surface area contributed by atoms with Crippen LogP contribution < -0.4 is 10.6 Å². The van der Waals surface area contributed by atoms with E-state index in [1.165, 1.54) is 0 Å². The number of aliphatic hydroxyl groups excluding tert-OH is 1. The first-order valence-corrected chi connectivity index (χ1v) is 6.78. The molecule has 0 radical (unpaired) electrons. The lowest BCUT2D eigenvalue weighted by Crippen LogP contribution is -2.46. The SMILES string of the molecule is Cc1ccc(NC(=O)N[C@H]2CCC[C@@]2(C)CO)cc1. The molecule has 1 aliphatic rings. The van der Waals surface area contributed by atoms with Crippen molar-refractivity contribution in [2.24, 2.45) is 5.41 Å². The minimum Gasteiger partial charge on any atom is -0.396 e. The van der Waals surface area contributed by atoms with Gasteiger partial charge in [0.2, 0.25) is 0 Å². The normalized spacial score (nSPS) is 26.2. The molecule has 1 saturated carbocycles. The third kappa shape index (κ3) is 3.26. The van der Waals surface area contributed by atoms with Crippen LogP contribution in [-0.4, -0.2) is 23.8 Å². The minimum atomic E-state index is -0.199. The van der Waals surface area contributed by atoms with Crippen LogP contribution in [-0.2, 0) is 0 Å². The molecule has 0 saturated heterocycles. The Balaban J connectivity index is 1.92. The van der Waals surface area contributed by atoms with Crippen LogP contribution in [0.2, 0.25) is 0 Å². The summed E-state index contributed by atoms with van der Waals surface area (Å²) < 4.78 is 0. The van der Waals surface area contributed by atoms with Gasteiger partial charge < -0.3 is 15.7 Å². The molecule has 19 heavy (non-hydrogen) atoms. The van der Waals surface area contributed by atoms with Crippen molar-refractivity contribution >= 4 is 11.7 Å². The number of amides is 2. The fraction of sp³-hybridized carbons (Fsp3) is 0.533. The summed E-state index contributed by atoms with van der Waals surface area (Å²) in [5.41, 5.74) is 1.76. The topological polar surface area (TPSA) is 61.4 Å². The van der Waals surface area contributed by atoms with Crippen molar-refractivity contribution in [3.63, 3.8) is 0 Å². The predicted molar refractivity (Wildman–Crippen MR) is 76.2 cm³/mol. The first kappa shape index (κ1) is 13.9. The van der Waals surface area contributed by atoms with Gasteiger partial charge in [-0.25, -0.2) is 4.79 Å². The van der Waals surface area contributed by atoms with Crippen molar-refractivity contribution < 1.29 is 9.90 Å². The largest absolute Gasteiger partial charge is 0.396 e. The van der Waals surface area contributed by atoms with Crippen LogP contribution >= 0.6 is 0 Å². The van der Waals surface area contributed by atoms with Crippen LogP contribution in [0.3, 0.4) is 0 Å². The summed E-state index contributed by atoms with van der Waals surface area (Å²) in [7, 11) is 0. The lowest BCUT2D eigenvalue weighted by molar-refractivity contribution is 0.122. The van der Waals surface area contributed by atoms with E-state index in [4.69, 9.17) is 0 Å². The number of carbonyl (C=O) groups excluding carboxylic acids is 1. The Morgan fingerprint density at radius 3 is 2.74 bits per heavy atom. The van der Waals surface area contributed by atoms with E-state index in [-0.39, 0.29) is 24.1 Å². The number of rotatable bonds is 3. The molecular weight excluding hydrogens is 240 g/mol. The first-order valence-electron chi connectivity index (χ1n) is 6.78. The van der Waals surface area contributed by atoms with Gasteiger partial charge in [0.15, 0.2) is 0 Å². The average molecular weight is 262 g/mol. The van der Waals surface area contributed by atoms with E-state index in [0.717, 1.165) is 30.5 Å². The van der Waals surface area contributed by atoms with Crippen LogP contribution in [0.25, 0.3) is 0 Å². The molecule has 2 amide bonds. The average Bonchev–Trinajstić information content (AvgIpc) is 2.74. The van der Waals surface area contributed by atoms with Gasteiger partial charge in [0.25, 0.3) is 0 Å². The molecule has 2 rings (SSSR count). The summed E-state index contributed by atoms with van der Waals surface area (Å²) in [4.78, 5) is 12.0. The van der Waals surface area contributed by atoms with Gasteiger partial charge in [0.05, 0.1) is 6.61 Å². The number of nitrogens with one attached hydrogen (secondary N) is 2. The van der Waals surface area contributed by atoms with E-state index < -0.39 is 0 Å². The summed E-state index contributed by atoms with van der Waals surface area (Å²) in [6.07, 6.45) is 2.93. The highest BCUT2D eigenvalue weighted by atomic mass is 16.3. The molecule has 1 aliphatic carbocycles. The van der Waals surface area contributed by atoms with E-state index in [9.17, 15) is 9.90 Å². The number of aryl methyl sites for hydroxylation is 1. The first-order chi connectivity index (χ1) is 9.03. The Morgan fingerprint density at radius 1 is 1.42 bits per heavy atom. The molecule has 1 aromatic carbocycles. The van der Waals surface area contributed by atoms with Crippen molar-refractivity contribution in [2.45, 2.75) is 39.2 Å². The molecule has 1 fully saturated rings. The Kier molecular flexibility index (Phi) is 4.10. The van der Waals surface area contributed by atoms with Crippen molar-refractivity contribution in [3.8, 4) is 0 Å². The summed E-state index contributed by atoms with van der Waals surface area (Å²) in [6.45, 7) is 4.15. The van der Waals surface area contributed by atoms with Gasteiger partial charge in [-0.3, -0.25) is 0 Å². The van der Waals surface area contributed by atoms with E-state index in [1.54, 1.807) is 0 Å². The van der Waals surface area contributed by atoms with E-state index in [2.05, 4.69) is 10.6 Å². The van der Waals surface area contributed by atoms with E-state index >= 15 is 0 Å². The Bertz CT molecular complexity index is 444. The second kappa shape index (κ2) is 5.61. The van der Waals surface area contributed by atoms with Crippen LogP contribution in [0.5, 0.6) is 0 Å². The molecule has 0 aromatic heterocycles. The number of hydrogen-bond donors (Lipinski definition) is 3. The second-order valence-corrected chi connectivity index (χ2v) is 5.72. The maximum absolute atomic E-state index is 12.0. The molecule has 0 aliphatic heterocycles. The Hall–Kier alpha value is -1.55. The third-order valence-electron chi connectivity index (χ3n) is 4.06. The molecule has 3 N–H and O–H groups in total. The standard InChI is InChI=1S/C15H22N2O2/c1-11-5-7-12(8-6-11)16-14(19)17-13-4-3-9-15(13,2)10-18/h5-8,13,18H,3-4,9-10H2,1-2H3,(H2,16,17,19)/t13-,15-/m0/s1. The van der Waals surface area contributed by atoms with Gasteiger partial charge in [-0.2, -0.15) is 0 Å². The quantitative estimate of drug-likeness (QED) is 0.784. The van der Waals surface area contributed by atoms with Crippen LogP contribution in [0.15, 0.2) is 24.3 Å². The van der Waals surface area contributed by atoms with Crippen molar-refractivity contribution in [3.05, 3.63) is 29.8 Å². The molecular formula is C15H22N2O2. The van der Waals surface area contributed by atoms with Crippen LogP contribution in [0.4, 0.5) is 10.5 Å². The minimum absolute atomic E-state index is 0.0444. The number of hydrogen-bond acceptors (Lipinski definition) is 2. The summed E-state index contributed by atoms with van der Waals surface area (Å²) in [6, 6.07) is 7.54. The highest BCUT2D eigenvalue weighted by Crippen LogP contribution is 2.37. The van der Waals surface area contributed by atoms with Gasteiger partial charge in [-0.1, -0.05) is 31.0 Å². The van der Waals surface area contributed by atoms with Crippen molar-refractivity contribution in [1.29, 1.82) is 0 Å². The smallest absolute Gasteiger partial charge is 0.319 e. The van der Waals surface area contributed by atoms with Crippen LogP contribution in [0.1, 0.15) is 31.7 Å². The van der Waals surface area contributed by atoms with E-state index in [1.807, 2.05) is 38.1 Å². The molecule has 104 valence electrons. The van der Waals surface area contributed by atoms with Gasteiger partial charge >= 0.3 is 6.03 Å². The number of aliphatic hydroxyl groups is 1. The monoisotopic (exact) mass is 262 g/mol. The van der Waals surface area contributed by atoms with Gasteiger partial charge in [0, 0.05) is 17.1 Å². The third-order valence-corrected chi connectivity index (χ3v) is 4.06. The zero-order chi connectivity index (χ0) is 13.9. The number of carbonyl (C=O) groups is 1. The molecule has 0 bridgehead atoms. The summed E-state index contributed by atoms with van der Waals surface area (Å²) in [5.74, 6) is 0. The Morgan fingerprint density at radius 2 is 2.11 bits per heavy atom. The fourth-order valence-corrected chi connectivity index (χ4v) is 2.63. The van der Waals surface area contributed by atoms with Crippen molar-refractivity contribution in [1.82, 2.24) is 5.32 Å². The maximum atomic E-state index is 12.0. The van der Waals surface area contributed by atoms with Crippen LogP contribution in [0, 0.1) is 12.3 Å². The summed E-state index contributed by atoms with van der Waals surface area (Å²) in [5, 5.41) is 15.3. The highest BCUT2D eigenvalue weighted by Gasteiger charge is 2.39. The number of urea groups is 1. The lowest BCUT2D eigenvalue weighted by Gasteiger charge is -2.30. The number of benzene rings is 1. The van der Waals surface area contributed by atoms with E-state index in [0.29, 0.717) is 0 Å². The molecule has 0 spiro atoms. The lowest BCUT2D eigenvalue weighted by atomic mass is 9.86. The van der Waals surface area contributed by atoms with Crippen molar-refractivity contribution in [2.75, 3.05) is 11.9 Å². The highest BCUT2D eigenvalue weighted by molar-refractivity contribution is 5.89. The zero-order valence-electron chi connectivity index (χ0n) is 11.6. The molecule has 0 heterocycles. The van der Waals surface area contributed by atoms with Gasteiger partial charge in [0.1, 0.15) is 0 Å². The molecule has 1 aromatic rings. The maximum Gasteiger partial charge on any atom is 0.319 e. The molecule has 2 atom stereocenters. The predicted octanol–water partition coefficient (Wildman–Crippen LogP) is 2.67. The second-order valence-electron chi connectivity index (χ2n) is 5.72. The Labute approximate surface area is 114 Å². The molecule has 0 unspecified atom stereocenters. The molecule has 4 nitrogen and oxygen atoms in total.